The average molecular weight is 301 g/mol. The first-order valence-corrected chi connectivity index (χ1v) is 8.00. The lowest BCUT2D eigenvalue weighted by Crippen LogP contribution is -2.14. The van der Waals surface area contributed by atoms with Crippen molar-refractivity contribution < 1.29 is 8.42 Å². The van der Waals surface area contributed by atoms with E-state index in [0.29, 0.717) is 17.7 Å². The molecule has 5 nitrogen and oxygen atoms in total. The van der Waals surface area contributed by atoms with Crippen LogP contribution in [0.25, 0.3) is 0 Å². The highest BCUT2D eigenvalue weighted by molar-refractivity contribution is 7.88. The lowest BCUT2D eigenvalue weighted by Gasteiger charge is -2.08. The van der Waals surface area contributed by atoms with Gasteiger partial charge in [0.25, 0.3) is 0 Å². The zero-order valence-corrected chi connectivity index (χ0v) is 12.1. The lowest BCUT2D eigenvalue weighted by atomic mass is 10.1. The fraction of sp³-hybridized carbons (Fsp3) is 0.133. The highest BCUT2D eigenvalue weighted by Crippen LogP contribution is 2.13. The van der Waals surface area contributed by atoms with Crippen molar-refractivity contribution in [2.45, 2.75) is 12.3 Å². The van der Waals surface area contributed by atoms with Gasteiger partial charge in [0.1, 0.15) is 0 Å². The molecule has 3 N–H and O–H groups in total. The zero-order chi connectivity index (χ0) is 15.3. The van der Waals surface area contributed by atoms with Crippen LogP contribution in [0.15, 0.2) is 48.5 Å². The topological polar surface area (TPSA) is 96.0 Å². The Bertz CT molecular complexity index is 762. The van der Waals surface area contributed by atoms with E-state index in [-0.39, 0.29) is 5.75 Å². The van der Waals surface area contributed by atoms with E-state index < -0.39 is 10.0 Å². The second kappa shape index (κ2) is 6.39. The summed E-state index contributed by atoms with van der Waals surface area (Å²) in [4.78, 5) is 0. The van der Waals surface area contributed by atoms with Crippen LogP contribution >= 0.6 is 0 Å². The minimum Gasteiger partial charge on any atom is -0.381 e. The highest BCUT2D eigenvalue weighted by atomic mass is 32.2. The molecule has 2 aromatic carbocycles. The van der Waals surface area contributed by atoms with E-state index in [0.717, 1.165) is 11.3 Å². The van der Waals surface area contributed by atoms with Gasteiger partial charge in [-0.15, -0.1) is 0 Å². The van der Waals surface area contributed by atoms with Gasteiger partial charge in [-0.3, -0.25) is 0 Å². The summed E-state index contributed by atoms with van der Waals surface area (Å²) in [7, 11) is -3.50. The molecule has 0 heterocycles. The Morgan fingerprint density at radius 3 is 2.43 bits per heavy atom. The number of nitrogens with one attached hydrogen (secondary N) is 1. The number of nitriles is 1. The summed E-state index contributed by atoms with van der Waals surface area (Å²) in [6.07, 6.45) is 0. The van der Waals surface area contributed by atoms with E-state index in [1.165, 1.54) is 0 Å². The molecule has 2 rings (SSSR count). The second-order valence-corrected chi connectivity index (χ2v) is 6.28. The SMILES string of the molecule is N#Cc1cccc(CNc2ccc(CS(N)(=O)=O)cc2)c1. The Morgan fingerprint density at radius 2 is 1.81 bits per heavy atom. The van der Waals surface area contributed by atoms with Crippen molar-refractivity contribution >= 4 is 15.7 Å². The fourth-order valence-electron chi connectivity index (χ4n) is 1.91. The number of rotatable bonds is 5. The number of benzene rings is 2. The Morgan fingerprint density at radius 1 is 1.10 bits per heavy atom. The van der Waals surface area contributed by atoms with Crippen molar-refractivity contribution in [3.05, 3.63) is 65.2 Å². The Balaban J connectivity index is 1.99. The first kappa shape index (κ1) is 15.0. The summed E-state index contributed by atoms with van der Waals surface area (Å²) in [5.74, 6) is -0.169. The predicted molar refractivity (Wildman–Crippen MR) is 81.7 cm³/mol. The number of sulfonamides is 1. The molecule has 6 heteroatoms. The van der Waals surface area contributed by atoms with Crippen molar-refractivity contribution in [3.63, 3.8) is 0 Å². The Hall–Kier alpha value is -2.36. The molecule has 2 aromatic rings. The molecule has 0 amide bonds. The van der Waals surface area contributed by atoms with Gasteiger partial charge in [-0.2, -0.15) is 5.26 Å². The first-order chi connectivity index (χ1) is 9.96. The minimum absolute atomic E-state index is 0.169. The molecule has 0 aromatic heterocycles. The average Bonchev–Trinajstić information content (AvgIpc) is 2.45. The largest absolute Gasteiger partial charge is 0.381 e. The van der Waals surface area contributed by atoms with Crippen LogP contribution in [0.5, 0.6) is 0 Å². The molecule has 0 fully saturated rings. The maximum Gasteiger partial charge on any atom is 0.213 e. The molecular weight excluding hydrogens is 286 g/mol. The maximum absolute atomic E-state index is 11.0. The third kappa shape index (κ3) is 4.91. The Kier molecular flexibility index (Phi) is 4.58. The van der Waals surface area contributed by atoms with E-state index in [1.54, 1.807) is 30.3 Å². The summed E-state index contributed by atoms with van der Waals surface area (Å²) < 4.78 is 22.0. The zero-order valence-electron chi connectivity index (χ0n) is 11.3. The molecule has 0 bridgehead atoms. The number of hydrogen-bond acceptors (Lipinski definition) is 4. The molecule has 0 unspecified atom stereocenters. The minimum atomic E-state index is -3.50. The van der Waals surface area contributed by atoms with E-state index in [2.05, 4.69) is 11.4 Å². The molecular formula is C15H15N3O2S. The summed E-state index contributed by atoms with van der Waals surface area (Å²) in [5, 5.41) is 17.1. The van der Waals surface area contributed by atoms with Gasteiger partial charge in [-0.25, -0.2) is 13.6 Å². The molecule has 0 spiro atoms. The van der Waals surface area contributed by atoms with Crippen LogP contribution in [0.1, 0.15) is 16.7 Å². The van der Waals surface area contributed by atoms with Gasteiger partial charge < -0.3 is 5.32 Å². The van der Waals surface area contributed by atoms with Crippen molar-refractivity contribution in [2.24, 2.45) is 5.14 Å². The van der Waals surface area contributed by atoms with Crippen LogP contribution in [0.3, 0.4) is 0 Å². The molecule has 0 radical (unpaired) electrons. The van der Waals surface area contributed by atoms with Gasteiger partial charge in [0, 0.05) is 12.2 Å². The molecule has 0 aliphatic carbocycles. The van der Waals surface area contributed by atoms with Gasteiger partial charge in [-0.05, 0) is 35.4 Å². The van der Waals surface area contributed by atoms with E-state index in [9.17, 15) is 8.42 Å². The van der Waals surface area contributed by atoms with Crippen LogP contribution < -0.4 is 10.5 Å². The number of primary sulfonamides is 1. The van der Waals surface area contributed by atoms with Gasteiger partial charge in [0.15, 0.2) is 0 Å². The third-order valence-corrected chi connectivity index (χ3v) is 3.61. The van der Waals surface area contributed by atoms with Gasteiger partial charge in [-0.1, -0.05) is 24.3 Å². The number of nitrogens with zero attached hydrogens (tertiary/aromatic N) is 1. The lowest BCUT2D eigenvalue weighted by molar-refractivity contribution is 0.597. The molecule has 0 atom stereocenters. The molecule has 0 aliphatic rings. The van der Waals surface area contributed by atoms with E-state index >= 15 is 0 Å². The summed E-state index contributed by atoms with van der Waals surface area (Å²) in [6, 6.07) is 16.5. The van der Waals surface area contributed by atoms with Crippen molar-refractivity contribution in [1.82, 2.24) is 0 Å². The van der Waals surface area contributed by atoms with Crippen LogP contribution in [-0.2, 0) is 22.3 Å². The second-order valence-electron chi connectivity index (χ2n) is 4.67. The maximum atomic E-state index is 11.0. The summed E-state index contributed by atoms with van der Waals surface area (Å²) in [5.41, 5.74) is 3.14. The van der Waals surface area contributed by atoms with Crippen LogP contribution in [-0.4, -0.2) is 8.42 Å². The third-order valence-electron chi connectivity index (χ3n) is 2.87. The summed E-state index contributed by atoms with van der Waals surface area (Å²) >= 11 is 0. The standard InChI is InChI=1S/C15H15N3O2S/c16-9-13-2-1-3-14(8-13)10-18-15-6-4-12(5-7-15)11-21(17,19)20/h1-8,18H,10-11H2,(H2,17,19,20). The molecule has 21 heavy (non-hydrogen) atoms. The molecule has 0 saturated heterocycles. The van der Waals surface area contributed by atoms with Crippen LogP contribution in [0.2, 0.25) is 0 Å². The number of nitrogens with two attached hydrogens (primary N) is 1. The van der Waals surface area contributed by atoms with Gasteiger partial charge >= 0.3 is 0 Å². The van der Waals surface area contributed by atoms with E-state index in [4.69, 9.17) is 10.4 Å². The number of anilines is 1. The van der Waals surface area contributed by atoms with Gasteiger partial charge in [0.05, 0.1) is 17.4 Å². The number of hydrogen-bond donors (Lipinski definition) is 2. The van der Waals surface area contributed by atoms with E-state index in [1.807, 2.05) is 18.2 Å². The predicted octanol–water partition coefficient (Wildman–Crippen LogP) is 1.96. The monoisotopic (exact) mass is 301 g/mol. The first-order valence-electron chi connectivity index (χ1n) is 6.28. The molecule has 108 valence electrons. The smallest absolute Gasteiger partial charge is 0.213 e. The fourth-order valence-corrected chi connectivity index (χ4v) is 2.56. The molecule has 0 saturated carbocycles. The normalized spacial score (nSPS) is 10.9. The van der Waals surface area contributed by atoms with Crippen molar-refractivity contribution in [2.75, 3.05) is 5.32 Å². The van der Waals surface area contributed by atoms with Crippen LogP contribution in [0, 0.1) is 11.3 Å². The summed E-state index contributed by atoms with van der Waals surface area (Å²) in [6.45, 7) is 0.587. The van der Waals surface area contributed by atoms with Crippen molar-refractivity contribution in [3.8, 4) is 6.07 Å². The highest BCUT2D eigenvalue weighted by Gasteiger charge is 2.04. The van der Waals surface area contributed by atoms with Crippen LogP contribution in [0.4, 0.5) is 5.69 Å². The quantitative estimate of drug-likeness (QED) is 0.882. The Labute approximate surface area is 124 Å². The van der Waals surface area contributed by atoms with Crippen molar-refractivity contribution in [1.29, 1.82) is 5.26 Å². The van der Waals surface area contributed by atoms with Gasteiger partial charge in [0.2, 0.25) is 10.0 Å². The molecule has 0 aliphatic heterocycles.